The highest BCUT2D eigenvalue weighted by atomic mass is 35.5. The SMILES string of the molecule is C=C(C#CCO[C@H](C)[C@H](NC(=O)[C@H](C)NC)C(=O)N1CCC[C@H]1C(=O)C[C@@H]1CCCc2ccccc21)CO[C@H](C)[C@H](NC(=O)[C@H](C)CC)C(=O)N1CCC[C@H]1C(=O)N[C@@H]1CCCc2ccccc21.Cl.Cl. The highest BCUT2D eigenvalue weighted by molar-refractivity contribution is 5.95. The van der Waals surface area contributed by atoms with Crippen LogP contribution in [0, 0.1) is 17.8 Å². The van der Waals surface area contributed by atoms with Crippen molar-refractivity contribution in [2.24, 2.45) is 5.92 Å². The third kappa shape index (κ3) is 14.7. The number of hydrogen-bond acceptors (Lipinski definition) is 9. The molecular weight excluding hydrogens is 932 g/mol. The summed E-state index contributed by atoms with van der Waals surface area (Å²) in [7, 11) is 1.66. The number of aryl methyl sites for hydroxylation is 2. The summed E-state index contributed by atoms with van der Waals surface area (Å²) in [4.78, 5) is 86.1. The number of halogens is 2. The van der Waals surface area contributed by atoms with Gasteiger partial charge in [-0.05, 0) is 127 Å². The van der Waals surface area contributed by atoms with Crippen LogP contribution in [0.4, 0.5) is 0 Å². The molecule has 2 fully saturated rings. The number of amides is 5. The molecule has 2 aliphatic carbocycles. The van der Waals surface area contributed by atoms with Gasteiger partial charge in [-0.25, -0.2) is 0 Å². The summed E-state index contributed by atoms with van der Waals surface area (Å²) in [5, 5.41) is 11.9. The predicted molar refractivity (Wildman–Crippen MR) is 276 cm³/mol. The van der Waals surface area contributed by atoms with E-state index in [2.05, 4.69) is 64.0 Å². The number of carbonyl (C=O) groups excluding carboxylic acids is 6. The number of nitrogens with one attached hydrogen (secondary N) is 4. The van der Waals surface area contributed by atoms with Crippen LogP contribution >= 0.6 is 24.8 Å². The van der Waals surface area contributed by atoms with Gasteiger partial charge in [-0.2, -0.15) is 0 Å². The van der Waals surface area contributed by atoms with Crippen LogP contribution in [-0.2, 0) is 51.1 Å². The standard InChI is InChI=1S/C54H74N6O8.2ClH/c1-8-35(3)50(62)57-49(54(66)60-30-16-28-46(60)52(64)56-44-26-14-22-40-20-10-12-25-43(40)44)38(6)68-33-34(2)18-17-31-67-37(5)48(58-51(63)36(4)55-7)53(65)59-29-15-27-45(59)47(61)32-41-23-13-21-39-19-9-11-24-42(39)41;;/h9-12,19-20,24-25,35-38,41,44-46,48-49,55H,2,8,13-16,21-23,26-33H2,1,3-7H3,(H,56,64)(H,57,62)(H,58,63);2*1H/t35-,36+,37-,38-,41+,44-,45+,46+,48+,49+;;/m1../s1. The zero-order chi connectivity index (χ0) is 48.9. The first kappa shape index (κ1) is 57.8. The summed E-state index contributed by atoms with van der Waals surface area (Å²) in [6.45, 7) is 13.5. The Balaban J connectivity index is 0.00000533. The number of carbonyl (C=O) groups is 6. The first-order valence-electron chi connectivity index (χ1n) is 25.0. The van der Waals surface area contributed by atoms with Crippen molar-refractivity contribution in [2.75, 3.05) is 33.4 Å². The Kier molecular flexibility index (Phi) is 22.9. The molecule has 5 amide bonds. The minimum absolute atomic E-state index is 0. The maximum atomic E-state index is 14.4. The largest absolute Gasteiger partial charge is 0.370 e. The third-order valence-electron chi connectivity index (χ3n) is 14.5. The van der Waals surface area contributed by atoms with Crippen molar-refractivity contribution < 1.29 is 38.2 Å². The Labute approximate surface area is 427 Å². The number of ketones is 1. The summed E-state index contributed by atoms with van der Waals surface area (Å²) in [5.41, 5.74) is 5.25. The Morgan fingerprint density at radius 2 is 1.29 bits per heavy atom. The lowest BCUT2D eigenvalue weighted by molar-refractivity contribution is -0.145. The highest BCUT2D eigenvalue weighted by Gasteiger charge is 2.43. The maximum absolute atomic E-state index is 14.4. The molecular formula is C54H76Cl2N6O8. The minimum atomic E-state index is -1.07. The normalized spacial score (nSPS) is 21.8. The van der Waals surface area contributed by atoms with Crippen molar-refractivity contribution in [1.29, 1.82) is 0 Å². The van der Waals surface area contributed by atoms with Crippen LogP contribution in [0.15, 0.2) is 60.7 Å². The van der Waals surface area contributed by atoms with Gasteiger partial charge in [0.05, 0.1) is 36.9 Å². The van der Waals surface area contributed by atoms with E-state index in [9.17, 15) is 28.8 Å². The number of likely N-dealkylation sites (N-methyl/N-ethyl adjacent to an activating group) is 1. The molecule has 70 heavy (non-hydrogen) atoms. The number of ether oxygens (including phenoxy) is 2. The number of likely N-dealkylation sites (tertiary alicyclic amines) is 2. The van der Waals surface area contributed by atoms with E-state index in [1.165, 1.54) is 16.7 Å². The molecule has 4 N–H and O–H groups in total. The first-order chi connectivity index (χ1) is 32.7. The summed E-state index contributed by atoms with van der Waals surface area (Å²) in [6, 6.07) is 12.4. The first-order valence-corrected chi connectivity index (χ1v) is 25.0. The van der Waals surface area contributed by atoms with Crippen LogP contribution < -0.4 is 21.3 Å². The molecule has 6 rings (SSSR count). The van der Waals surface area contributed by atoms with Gasteiger partial charge in [0.2, 0.25) is 29.5 Å². The average molecular weight is 1010 g/mol. The number of nitrogens with zero attached hydrogens (tertiary/aromatic N) is 2. The molecule has 14 nitrogen and oxygen atoms in total. The van der Waals surface area contributed by atoms with E-state index in [-0.39, 0.29) is 91.2 Å². The smallest absolute Gasteiger partial charge is 0.248 e. The summed E-state index contributed by atoms with van der Waals surface area (Å²) >= 11 is 0. The number of hydrogen-bond donors (Lipinski definition) is 4. The van der Waals surface area contributed by atoms with Gasteiger partial charge in [-0.1, -0.05) is 80.8 Å². The van der Waals surface area contributed by atoms with E-state index >= 15 is 0 Å². The Morgan fingerprint density at radius 1 is 0.729 bits per heavy atom. The molecule has 2 aromatic carbocycles. The molecule has 2 saturated heterocycles. The predicted octanol–water partition coefficient (Wildman–Crippen LogP) is 6.08. The molecule has 16 heteroatoms. The van der Waals surface area contributed by atoms with Crippen LogP contribution in [0.25, 0.3) is 0 Å². The Morgan fingerprint density at radius 3 is 1.93 bits per heavy atom. The van der Waals surface area contributed by atoms with Crippen molar-refractivity contribution in [1.82, 2.24) is 31.1 Å². The Bertz CT molecular complexity index is 2210. The third-order valence-corrected chi connectivity index (χ3v) is 14.5. The molecule has 10 atom stereocenters. The van der Waals surface area contributed by atoms with E-state index in [4.69, 9.17) is 9.47 Å². The fourth-order valence-electron chi connectivity index (χ4n) is 10.1. The number of fused-ring (bicyclic) bond motifs is 2. The zero-order valence-corrected chi connectivity index (χ0v) is 43.5. The number of Topliss-reactive ketones (excluding diaryl/α,β-unsaturated/α-hetero) is 1. The lowest BCUT2D eigenvalue weighted by Gasteiger charge is -2.33. The molecule has 2 aliphatic heterocycles. The molecule has 0 bridgehead atoms. The van der Waals surface area contributed by atoms with Crippen molar-refractivity contribution in [3.05, 3.63) is 82.9 Å². The Hall–Kier alpha value is -4.78. The van der Waals surface area contributed by atoms with Crippen LogP contribution in [0.2, 0.25) is 0 Å². The number of rotatable bonds is 20. The van der Waals surface area contributed by atoms with Gasteiger partial charge in [-0.3, -0.25) is 28.8 Å². The molecule has 2 heterocycles. The molecule has 0 spiro atoms. The second-order valence-corrected chi connectivity index (χ2v) is 19.2. The van der Waals surface area contributed by atoms with Crippen molar-refractivity contribution in [2.45, 2.75) is 166 Å². The van der Waals surface area contributed by atoms with Gasteiger partial charge >= 0.3 is 0 Å². The molecule has 0 saturated carbocycles. The maximum Gasteiger partial charge on any atom is 0.248 e. The van der Waals surface area contributed by atoms with E-state index < -0.39 is 42.4 Å². The monoisotopic (exact) mass is 1010 g/mol. The van der Waals surface area contributed by atoms with E-state index in [0.29, 0.717) is 57.2 Å². The second kappa shape index (κ2) is 27.7. The summed E-state index contributed by atoms with van der Waals surface area (Å²) < 4.78 is 12.2. The van der Waals surface area contributed by atoms with Gasteiger partial charge in [0.15, 0.2) is 5.78 Å². The fourth-order valence-corrected chi connectivity index (χ4v) is 10.1. The van der Waals surface area contributed by atoms with Crippen LogP contribution in [0.1, 0.15) is 133 Å². The van der Waals surface area contributed by atoms with Crippen molar-refractivity contribution in [3.8, 4) is 11.8 Å². The van der Waals surface area contributed by atoms with Crippen LogP contribution in [0.5, 0.6) is 0 Å². The number of benzene rings is 2. The molecule has 2 aromatic rings. The van der Waals surface area contributed by atoms with Crippen LogP contribution in [-0.4, -0.2) is 121 Å². The van der Waals surface area contributed by atoms with Crippen molar-refractivity contribution >= 4 is 60.1 Å². The lowest BCUT2D eigenvalue weighted by Crippen LogP contribution is -2.58. The van der Waals surface area contributed by atoms with E-state index in [1.807, 2.05) is 31.2 Å². The highest BCUT2D eigenvalue weighted by Crippen LogP contribution is 2.36. The molecule has 0 unspecified atom stereocenters. The van der Waals surface area contributed by atoms with Crippen molar-refractivity contribution in [3.63, 3.8) is 0 Å². The summed E-state index contributed by atoms with van der Waals surface area (Å²) in [5.74, 6) is 4.09. The second-order valence-electron chi connectivity index (χ2n) is 19.2. The molecule has 384 valence electrons. The fraction of sp³-hybridized carbons (Fsp3) is 0.593. The average Bonchev–Trinajstić information content (AvgIpc) is 4.06. The van der Waals surface area contributed by atoms with E-state index in [0.717, 1.165) is 44.1 Å². The van der Waals surface area contributed by atoms with Gasteiger partial charge < -0.3 is 40.5 Å². The quantitative estimate of drug-likeness (QED) is 0.115. The topological polar surface area (TPSA) is 175 Å². The zero-order valence-electron chi connectivity index (χ0n) is 41.9. The van der Waals surface area contributed by atoms with Gasteiger partial charge in [0, 0.05) is 31.0 Å². The molecule has 0 aromatic heterocycles. The minimum Gasteiger partial charge on any atom is -0.370 e. The van der Waals surface area contributed by atoms with Crippen LogP contribution in [0.3, 0.4) is 0 Å². The van der Waals surface area contributed by atoms with E-state index in [1.54, 1.807) is 44.5 Å². The van der Waals surface area contributed by atoms with Gasteiger partial charge in [0.1, 0.15) is 24.7 Å². The summed E-state index contributed by atoms with van der Waals surface area (Å²) in [6.07, 6.45) is 7.51. The molecule has 0 radical (unpaired) electrons. The van der Waals surface area contributed by atoms with Gasteiger partial charge in [-0.15, -0.1) is 24.8 Å². The van der Waals surface area contributed by atoms with Gasteiger partial charge in [0.25, 0.3) is 0 Å². The lowest BCUT2D eigenvalue weighted by atomic mass is 9.79. The molecule has 4 aliphatic rings.